The van der Waals surface area contributed by atoms with E-state index in [1.807, 2.05) is 47.8 Å². The number of hydrogen-bond donors (Lipinski definition) is 0. The van der Waals surface area contributed by atoms with Gasteiger partial charge in [0, 0.05) is 24.5 Å². The molecule has 2 heterocycles. The molecule has 0 saturated heterocycles. The van der Waals surface area contributed by atoms with Crippen molar-refractivity contribution in [3.8, 4) is 22.8 Å². The van der Waals surface area contributed by atoms with Crippen LogP contribution in [-0.4, -0.2) is 56.4 Å². The quantitative estimate of drug-likeness (QED) is 0.321. The molecular formula is C25H26N2O6S. The first kappa shape index (κ1) is 23.7. The molecule has 1 aromatic heterocycles. The number of nitrogens with zero attached hydrogens (tertiary/aromatic N) is 2. The third-order valence-electron chi connectivity index (χ3n) is 5.18. The third kappa shape index (κ3) is 5.73. The summed E-state index contributed by atoms with van der Waals surface area (Å²) in [6, 6.07) is 14.8. The smallest absolute Gasteiger partial charge is 0.326 e. The van der Waals surface area contributed by atoms with Gasteiger partial charge in [-0.2, -0.15) is 0 Å². The molecule has 4 rings (SSSR count). The van der Waals surface area contributed by atoms with Crippen molar-refractivity contribution in [1.82, 2.24) is 4.98 Å². The number of benzene rings is 2. The van der Waals surface area contributed by atoms with Crippen LogP contribution in [0.1, 0.15) is 11.9 Å². The molecule has 0 fully saturated rings. The Labute approximate surface area is 202 Å². The summed E-state index contributed by atoms with van der Waals surface area (Å²) in [4.78, 5) is 31.4. The average molecular weight is 483 g/mol. The number of carbonyl (C=O) groups is 2. The lowest BCUT2D eigenvalue weighted by atomic mass is 10.1. The van der Waals surface area contributed by atoms with Gasteiger partial charge in [0.25, 0.3) is 5.91 Å². The Morgan fingerprint density at radius 3 is 2.76 bits per heavy atom. The Balaban J connectivity index is 1.43. The van der Waals surface area contributed by atoms with Crippen molar-refractivity contribution in [1.29, 1.82) is 0 Å². The molecule has 34 heavy (non-hydrogen) atoms. The van der Waals surface area contributed by atoms with Gasteiger partial charge >= 0.3 is 5.97 Å². The molecule has 2 aromatic carbocycles. The fraction of sp³-hybridized carbons (Fsp3) is 0.320. The molecule has 1 aliphatic rings. The molecule has 8 nitrogen and oxygen atoms in total. The predicted molar refractivity (Wildman–Crippen MR) is 128 cm³/mol. The lowest BCUT2D eigenvalue weighted by Crippen LogP contribution is -2.47. The zero-order chi connectivity index (χ0) is 23.9. The Morgan fingerprint density at radius 2 is 1.97 bits per heavy atom. The number of amides is 1. The first-order valence-electron chi connectivity index (χ1n) is 10.9. The minimum atomic E-state index is -0.701. The number of rotatable bonds is 10. The van der Waals surface area contributed by atoms with Gasteiger partial charge < -0.3 is 18.9 Å². The van der Waals surface area contributed by atoms with Crippen molar-refractivity contribution in [3.63, 3.8) is 0 Å². The second-order valence-electron chi connectivity index (χ2n) is 7.62. The van der Waals surface area contributed by atoms with Gasteiger partial charge in [0.05, 0.1) is 23.0 Å². The third-order valence-corrected chi connectivity index (χ3v) is 6.09. The summed E-state index contributed by atoms with van der Waals surface area (Å²) < 4.78 is 21.7. The van der Waals surface area contributed by atoms with Crippen LogP contribution in [0.5, 0.6) is 11.5 Å². The van der Waals surface area contributed by atoms with E-state index in [4.69, 9.17) is 18.9 Å². The minimum absolute atomic E-state index is 0.0811. The second-order valence-corrected chi connectivity index (χ2v) is 8.56. The van der Waals surface area contributed by atoms with Crippen LogP contribution in [0.2, 0.25) is 0 Å². The highest BCUT2D eigenvalue weighted by molar-refractivity contribution is 7.09. The normalized spacial score (nSPS) is 14.9. The molecule has 0 N–H and O–H groups in total. The van der Waals surface area contributed by atoms with Crippen LogP contribution in [0, 0.1) is 0 Å². The highest BCUT2D eigenvalue weighted by Gasteiger charge is 2.33. The zero-order valence-electron chi connectivity index (χ0n) is 19.1. The molecular weight excluding hydrogens is 456 g/mol. The van der Waals surface area contributed by atoms with Gasteiger partial charge in [-0.15, -0.1) is 11.3 Å². The number of fused-ring (bicyclic) bond motifs is 1. The maximum atomic E-state index is 12.8. The maximum Gasteiger partial charge on any atom is 0.326 e. The highest BCUT2D eigenvalue weighted by Crippen LogP contribution is 2.37. The molecule has 0 aliphatic carbocycles. The standard InChI is InChI=1S/C25H26N2O6S/c1-17-25(29)27(15-24(28)32-13-12-31-19-6-4-3-5-7-19)21-14-18(8-9-22(21)33-17)20-16-34-23(26-20)10-11-30-2/h3-9,14,16-17H,10-13,15H2,1-2H3. The van der Waals surface area contributed by atoms with Crippen LogP contribution >= 0.6 is 11.3 Å². The van der Waals surface area contributed by atoms with E-state index >= 15 is 0 Å². The van der Waals surface area contributed by atoms with Crippen molar-refractivity contribution in [3.05, 3.63) is 58.9 Å². The van der Waals surface area contributed by atoms with E-state index in [9.17, 15) is 9.59 Å². The lowest BCUT2D eigenvalue weighted by Gasteiger charge is -2.32. The summed E-state index contributed by atoms with van der Waals surface area (Å²) in [5.41, 5.74) is 2.15. The lowest BCUT2D eigenvalue weighted by molar-refractivity contribution is -0.144. The first-order chi connectivity index (χ1) is 16.5. The monoisotopic (exact) mass is 482 g/mol. The predicted octanol–water partition coefficient (Wildman–Crippen LogP) is 3.74. The van der Waals surface area contributed by atoms with E-state index in [0.717, 1.165) is 22.7 Å². The van der Waals surface area contributed by atoms with Crippen LogP contribution < -0.4 is 14.4 Å². The largest absolute Gasteiger partial charge is 0.490 e. The molecule has 0 bridgehead atoms. The number of aromatic nitrogens is 1. The molecule has 0 spiro atoms. The molecule has 0 radical (unpaired) electrons. The Kier molecular flexibility index (Phi) is 7.76. The van der Waals surface area contributed by atoms with Gasteiger partial charge in [0.15, 0.2) is 6.10 Å². The van der Waals surface area contributed by atoms with E-state index in [-0.39, 0.29) is 25.7 Å². The van der Waals surface area contributed by atoms with Gasteiger partial charge in [0.2, 0.25) is 0 Å². The van der Waals surface area contributed by atoms with Crippen molar-refractivity contribution in [2.45, 2.75) is 19.4 Å². The molecule has 1 aliphatic heterocycles. The van der Waals surface area contributed by atoms with Gasteiger partial charge in [0.1, 0.15) is 31.3 Å². The average Bonchev–Trinajstić information content (AvgIpc) is 3.33. The van der Waals surface area contributed by atoms with Gasteiger partial charge in [-0.1, -0.05) is 18.2 Å². The summed E-state index contributed by atoms with van der Waals surface area (Å²) in [5.74, 6) is 0.405. The van der Waals surface area contributed by atoms with E-state index in [1.165, 1.54) is 4.90 Å². The number of methoxy groups -OCH3 is 1. The first-order valence-corrected chi connectivity index (χ1v) is 11.8. The molecule has 1 unspecified atom stereocenters. The fourth-order valence-corrected chi connectivity index (χ4v) is 4.27. The fourth-order valence-electron chi connectivity index (χ4n) is 3.48. The van der Waals surface area contributed by atoms with E-state index < -0.39 is 12.1 Å². The number of thiazole rings is 1. The molecule has 178 valence electrons. The van der Waals surface area contributed by atoms with Crippen molar-refractivity contribution in [2.24, 2.45) is 0 Å². The zero-order valence-corrected chi connectivity index (χ0v) is 19.9. The van der Waals surface area contributed by atoms with Gasteiger partial charge in [-0.3, -0.25) is 14.5 Å². The number of carbonyl (C=O) groups excluding carboxylic acids is 2. The van der Waals surface area contributed by atoms with E-state index in [1.54, 1.807) is 31.4 Å². The Morgan fingerprint density at radius 1 is 1.15 bits per heavy atom. The minimum Gasteiger partial charge on any atom is -0.490 e. The topological polar surface area (TPSA) is 87.2 Å². The van der Waals surface area contributed by atoms with E-state index in [2.05, 4.69) is 4.98 Å². The summed E-state index contributed by atoms with van der Waals surface area (Å²) in [6.07, 6.45) is 0.0319. The van der Waals surface area contributed by atoms with Crippen molar-refractivity contribution >= 4 is 28.9 Å². The van der Waals surface area contributed by atoms with Crippen LogP contribution in [0.25, 0.3) is 11.3 Å². The van der Waals surface area contributed by atoms with Crippen LogP contribution in [0.4, 0.5) is 5.69 Å². The summed E-state index contributed by atoms with van der Waals surface area (Å²) >= 11 is 1.55. The second kappa shape index (κ2) is 11.1. The van der Waals surface area contributed by atoms with Crippen molar-refractivity contribution < 1.29 is 28.5 Å². The van der Waals surface area contributed by atoms with Gasteiger partial charge in [-0.25, -0.2) is 4.98 Å². The molecule has 9 heteroatoms. The number of hydrogen-bond acceptors (Lipinski definition) is 8. The van der Waals surface area contributed by atoms with Crippen LogP contribution in [0.3, 0.4) is 0 Å². The summed E-state index contributed by atoms with van der Waals surface area (Å²) in [6.45, 7) is 2.35. The molecule has 1 atom stereocenters. The molecule has 3 aromatic rings. The van der Waals surface area contributed by atoms with Crippen LogP contribution in [0.15, 0.2) is 53.9 Å². The number of ether oxygens (including phenoxy) is 4. The SMILES string of the molecule is COCCc1nc(-c2ccc3c(c2)N(CC(=O)OCCOc2ccccc2)C(=O)C(C)O3)cs1. The van der Waals surface area contributed by atoms with E-state index in [0.29, 0.717) is 23.8 Å². The number of para-hydroxylation sites is 1. The van der Waals surface area contributed by atoms with Gasteiger partial charge in [-0.05, 0) is 37.3 Å². The summed E-state index contributed by atoms with van der Waals surface area (Å²) in [7, 11) is 1.66. The summed E-state index contributed by atoms with van der Waals surface area (Å²) in [5, 5.41) is 2.93. The van der Waals surface area contributed by atoms with Crippen molar-refractivity contribution in [2.75, 3.05) is 38.4 Å². The van der Waals surface area contributed by atoms with Crippen LogP contribution in [-0.2, 0) is 25.5 Å². The number of esters is 1. The maximum absolute atomic E-state index is 12.8. The Hall–Kier alpha value is -3.43. The molecule has 1 amide bonds. The number of anilines is 1. The highest BCUT2D eigenvalue weighted by atomic mass is 32.1. The Bertz CT molecular complexity index is 1130. The molecule has 0 saturated carbocycles.